The largest absolute Gasteiger partial charge is 0.480 e. The van der Waals surface area contributed by atoms with E-state index in [-0.39, 0.29) is 12.3 Å². The first-order valence-corrected chi connectivity index (χ1v) is 5.78. The van der Waals surface area contributed by atoms with Crippen LogP contribution in [0.5, 0.6) is 0 Å². The average Bonchev–Trinajstić information content (AvgIpc) is 2.19. The van der Waals surface area contributed by atoms with Crippen molar-refractivity contribution < 1.29 is 19.8 Å². The van der Waals surface area contributed by atoms with Crippen molar-refractivity contribution in [2.45, 2.75) is 51.8 Å². The van der Waals surface area contributed by atoms with E-state index in [9.17, 15) is 9.59 Å². The predicted octanol–water partition coefficient (Wildman–Crippen LogP) is -0.285. The summed E-state index contributed by atoms with van der Waals surface area (Å²) in [5, 5.41) is 23.4. The molecule has 0 aliphatic heterocycles. The highest BCUT2D eigenvalue weighted by atomic mass is 16.4. The Labute approximate surface area is 101 Å². The molecule has 2 unspecified atom stereocenters. The maximum absolute atomic E-state index is 11.4. The topological polar surface area (TPSA) is 98.7 Å². The number of amides is 1. The summed E-state index contributed by atoms with van der Waals surface area (Å²) in [5.74, 6) is -1.59. The van der Waals surface area contributed by atoms with Gasteiger partial charge in [0, 0.05) is 12.5 Å². The second-order valence-electron chi connectivity index (χ2n) is 4.34. The van der Waals surface area contributed by atoms with E-state index in [1.54, 1.807) is 0 Å². The maximum Gasteiger partial charge on any atom is 0.328 e. The molecule has 0 saturated heterocycles. The normalized spacial score (nSPS) is 14.4. The summed E-state index contributed by atoms with van der Waals surface area (Å²) in [6.45, 7) is 6.05. The third-order valence-corrected chi connectivity index (χ3v) is 2.20. The first-order chi connectivity index (χ1) is 7.84. The van der Waals surface area contributed by atoms with Crippen LogP contribution >= 0.6 is 0 Å². The molecule has 17 heavy (non-hydrogen) atoms. The van der Waals surface area contributed by atoms with Gasteiger partial charge in [0.15, 0.2) is 6.04 Å². The number of carbonyl (C=O) groups is 2. The summed E-state index contributed by atoms with van der Waals surface area (Å²) in [6, 6.07) is -0.872. The third kappa shape index (κ3) is 7.70. The maximum atomic E-state index is 11.4. The number of hydrogen-bond donors (Lipinski definition) is 4. The Hall–Kier alpha value is -1.14. The van der Waals surface area contributed by atoms with E-state index in [1.165, 1.54) is 6.92 Å². The van der Waals surface area contributed by atoms with Gasteiger partial charge in [0.2, 0.25) is 5.91 Å². The lowest BCUT2D eigenvalue weighted by molar-refractivity contribution is -0.144. The summed E-state index contributed by atoms with van der Waals surface area (Å²) in [5.41, 5.74) is 0. The first kappa shape index (κ1) is 15.9. The Kier molecular flexibility index (Phi) is 7.49. The van der Waals surface area contributed by atoms with Crippen LogP contribution < -0.4 is 10.6 Å². The molecule has 2 atom stereocenters. The Morgan fingerprint density at radius 3 is 2.24 bits per heavy atom. The number of aliphatic hydroxyl groups excluding tert-OH is 1. The number of aliphatic hydroxyl groups is 1. The molecule has 0 bridgehead atoms. The van der Waals surface area contributed by atoms with E-state index in [4.69, 9.17) is 10.2 Å². The van der Waals surface area contributed by atoms with Crippen LogP contribution in [0.25, 0.3) is 0 Å². The Morgan fingerprint density at radius 1 is 1.24 bits per heavy atom. The molecule has 0 aliphatic rings. The van der Waals surface area contributed by atoms with Crippen LogP contribution in [0, 0.1) is 0 Å². The Balaban J connectivity index is 3.87. The van der Waals surface area contributed by atoms with Crippen molar-refractivity contribution in [3.63, 3.8) is 0 Å². The van der Waals surface area contributed by atoms with Crippen molar-refractivity contribution in [3.05, 3.63) is 0 Å². The highest BCUT2D eigenvalue weighted by Gasteiger charge is 2.24. The van der Waals surface area contributed by atoms with Crippen LogP contribution in [0.3, 0.4) is 0 Å². The molecule has 0 radical (unpaired) electrons. The molecule has 1 amide bonds. The van der Waals surface area contributed by atoms with Gasteiger partial charge in [0.05, 0.1) is 6.10 Å². The number of carboxylic acid groups (broad SMARTS) is 1. The summed E-state index contributed by atoms with van der Waals surface area (Å²) in [4.78, 5) is 22.1. The van der Waals surface area contributed by atoms with Gasteiger partial charge in [0.25, 0.3) is 0 Å². The SMILES string of the molecule is CC(C)NCCCC(=O)NC(C(=O)O)C(C)O. The van der Waals surface area contributed by atoms with E-state index in [2.05, 4.69) is 10.6 Å². The fourth-order valence-electron chi connectivity index (χ4n) is 1.27. The van der Waals surface area contributed by atoms with Crippen LogP contribution in [0.4, 0.5) is 0 Å². The summed E-state index contributed by atoms with van der Waals surface area (Å²) in [7, 11) is 0. The standard InChI is InChI=1S/C11H22N2O4/c1-7(2)12-6-4-5-9(15)13-10(8(3)14)11(16)17/h7-8,10,12,14H,4-6H2,1-3H3,(H,13,15)(H,16,17). The van der Waals surface area contributed by atoms with Crippen LogP contribution in [0.15, 0.2) is 0 Å². The van der Waals surface area contributed by atoms with Gasteiger partial charge in [0.1, 0.15) is 0 Å². The lowest BCUT2D eigenvalue weighted by Gasteiger charge is -2.17. The zero-order valence-electron chi connectivity index (χ0n) is 10.6. The molecule has 0 heterocycles. The Bertz CT molecular complexity index is 254. The van der Waals surface area contributed by atoms with Gasteiger partial charge in [-0.2, -0.15) is 0 Å². The van der Waals surface area contributed by atoms with Crippen molar-refractivity contribution in [1.82, 2.24) is 10.6 Å². The van der Waals surface area contributed by atoms with Gasteiger partial charge < -0.3 is 20.8 Å². The van der Waals surface area contributed by atoms with E-state index >= 15 is 0 Å². The number of carboxylic acids is 1. The first-order valence-electron chi connectivity index (χ1n) is 5.78. The highest BCUT2D eigenvalue weighted by molar-refractivity contribution is 5.83. The van der Waals surface area contributed by atoms with E-state index in [1.807, 2.05) is 13.8 Å². The summed E-state index contributed by atoms with van der Waals surface area (Å²) >= 11 is 0. The fourth-order valence-corrected chi connectivity index (χ4v) is 1.27. The molecule has 100 valence electrons. The molecule has 6 heteroatoms. The summed E-state index contributed by atoms with van der Waals surface area (Å²) < 4.78 is 0. The summed E-state index contributed by atoms with van der Waals surface area (Å²) in [6.07, 6.45) is -0.225. The molecule has 0 spiro atoms. The molecule has 0 aliphatic carbocycles. The van der Waals surface area contributed by atoms with Gasteiger partial charge in [-0.1, -0.05) is 13.8 Å². The minimum atomic E-state index is -1.24. The average molecular weight is 246 g/mol. The smallest absolute Gasteiger partial charge is 0.328 e. The second-order valence-corrected chi connectivity index (χ2v) is 4.34. The van der Waals surface area contributed by atoms with E-state index in [0.29, 0.717) is 19.0 Å². The fraction of sp³-hybridized carbons (Fsp3) is 0.818. The molecular weight excluding hydrogens is 224 g/mol. The predicted molar refractivity (Wildman–Crippen MR) is 63.6 cm³/mol. The van der Waals surface area contributed by atoms with Gasteiger partial charge in [-0.05, 0) is 19.9 Å². The van der Waals surface area contributed by atoms with Gasteiger partial charge >= 0.3 is 5.97 Å². The zero-order chi connectivity index (χ0) is 13.4. The molecule has 0 saturated carbocycles. The van der Waals surface area contributed by atoms with Gasteiger partial charge in [-0.25, -0.2) is 4.79 Å². The van der Waals surface area contributed by atoms with Crippen molar-refractivity contribution in [1.29, 1.82) is 0 Å². The number of rotatable bonds is 8. The van der Waals surface area contributed by atoms with Crippen LogP contribution in [-0.2, 0) is 9.59 Å². The minimum absolute atomic E-state index is 0.246. The number of carbonyl (C=O) groups excluding carboxylic acids is 1. The molecule has 0 fully saturated rings. The number of hydrogen-bond acceptors (Lipinski definition) is 4. The quantitative estimate of drug-likeness (QED) is 0.441. The zero-order valence-corrected chi connectivity index (χ0v) is 10.6. The minimum Gasteiger partial charge on any atom is -0.480 e. The Morgan fingerprint density at radius 2 is 1.82 bits per heavy atom. The third-order valence-electron chi connectivity index (χ3n) is 2.20. The van der Waals surface area contributed by atoms with Crippen molar-refractivity contribution >= 4 is 11.9 Å². The molecule has 4 N–H and O–H groups in total. The van der Waals surface area contributed by atoms with Crippen LogP contribution in [0.2, 0.25) is 0 Å². The van der Waals surface area contributed by atoms with Crippen LogP contribution in [0.1, 0.15) is 33.6 Å². The molecule has 0 aromatic rings. The van der Waals surface area contributed by atoms with Crippen molar-refractivity contribution in [3.8, 4) is 0 Å². The van der Waals surface area contributed by atoms with Crippen molar-refractivity contribution in [2.75, 3.05) is 6.54 Å². The monoisotopic (exact) mass is 246 g/mol. The van der Waals surface area contributed by atoms with E-state index in [0.717, 1.165) is 0 Å². The molecule has 0 rings (SSSR count). The van der Waals surface area contributed by atoms with E-state index < -0.39 is 18.1 Å². The van der Waals surface area contributed by atoms with Gasteiger partial charge in [-0.3, -0.25) is 4.79 Å². The van der Waals surface area contributed by atoms with Crippen molar-refractivity contribution in [2.24, 2.45) is 0 Å². The second kappa shape index (κ2) is 8.03. The number of aliphatic carboxylic acids is 1. The molecule has 6 nitrogen and oxygen atoms in total. The molecule has 0 aromatic carbocycles. The highest BCUT2D eigenvalue weighted by Crippen LogP contribution is 1.96. The number of nitrogens with one attached hydrogen (secondary N) is 2. The lowest BCUT2D eigenvalue weighted by Crippen LogP contribution is -2.47. The molecule has 0 aromatic heterocycles. The van der Waals surface area contributed by atoms with Crippen LogP contribution in [-0.4, -0.2) is 46.8 Å². The van der Waals surface area contributed by atoms with Gasteiger partial charge in [-0.15, -0.1) is 0 Å². The molecular formula is C11H22N2O4. The lowest BCUT2D eigenvalue weighted by atomic mass is 10.1.